The van der Waals surface area contributed by atoms with Crippen molar-refractivity contribution in [3.05, 3.63) is 285 Å². The van der Waals surface area contributed by atoms with E-state index in [2.05, 4.69) is 239 Å². The van der Waals surface area contributed by atoms with Gasteiger partial charge in [-0.2, -0.15) is 0 Å². The number of benzene rings is 10. The van der Waals surface area contributed by atoms with Crippen molar-refractivity contribution >= 4 is 109 Å². The van der Waals surface area contributed by atoms with E-state index in [-0.39, 0.29) is 80.4 Å². The molecule has 0 atom stereocenters. The van der Waals surface area contributed by atoms with Crippen LogP contribution in [-0.4, -0.2) is 37.5 Å². The van der Waals surface area contributed by atoms with Crippen molar-refractivity contribution < 1.29 is 80.4 Å². The molecular weight excluding hydrogens is 1910 g/mol. The number of para-hydroxylation sites is 2. The minimum atomic E-state index is 0. The van der Waals surface area contributed by atoms with Gasteiger partial charge in [0.15, 0.2) is 0 Å². The van der Waals surface area contributed by atoms with Crippen LogP contribution in [0.4, 0.5) is 0 Å². The molecule has 0 N–H and O–H groups in total. The molecule has 0 saturated heterocycles. The molecule has 8 aromatic heterocycles. The zero-order valence-electron chi connectivity index (χ0n) is 54.9. The summed E-state index contributed by atoms with van der Waals surface area (Å²) in [5.74, 6) is 0. The van der Waals surface area contributed by atoms with Gasteiger partial charge in [-0.3, -0.25) is 19.9 Å². The Balaban J connectivity index is 0.000000106. The van der Waals surface area contributed by atoms with Crippen LogP contribution in [0.25, 0.3) is 132 Å². The molecular formula is C86H64Ir4N8-4. The SMILES string of the molecule is Cc1cc2c3c(c1)c1ccc[c-]c1c1ncc(n13)CC2.Cc1ccc2c3ccc[c-]c3c3ncc4n3c2c1CC4.Cc1cccc(C)c1-c1c[c-]c2c(c1)c1cccc3c1n1c(cnc21)CC3.Cc1cccc(C)c1-c1cc[c-]c2c1c1cccc3c1n1c(cnc21)CC3.[Ir].[Ir].[Ir].[Ir]. The van der Waals surface area contributed by atoms with E-state index in [0.717, 1.165) is 95.5 Å². The second-order valence-corrected chi connectivity index (χ2v) is 26.6. The minimum absolute atomic E-state index is 0. The van der Waals surface area contributed by atoms with Gasteiger partial charge in [-0.1, -0.05) is 157 Å². The fraction of sp³-hybridized carbons (Fsp3) is 0.163. The van der Waals surface area contributed by atoms with E-state index in [9.17, 15) is 0 Å². The van der Waals surface area contributed by atoms with Gasteiger partial charge in [0.1, 0.15) is 0 Å². The standard InChI is InChI=1S/2C25H19N2.2C18H13N2.4Ir/c1-15-6-3-7-16(2)22(15)19-9-5-11-21-23(19)20-10-4-8-17-12-13-18-14-26-25(21)27(18)24(17)20;1-15-5-3-6-16(2)23(15)18-10-12-21-22(13-18)20-8-4-7-17-9-11-19-14-26-25(21)27(19)24(17)20;1-11-6-8-15-14-4-2-3-5-16(14)18-19-10-12-7-9-13(11)17(15)20(12)18;1-11-8-12-6-7-13-10-19-18-15-5-3-2-4-14(15)16(9-11)17(12)20(13)18;;;;/h3-10,14H,12-13H2,1-2H3;3-8,10,13-14H,9,11H2,1-2H3;2-4,6,8,10H,7,9H2,1H3;2-4,8-10H,6-7H2,1H3;;;;/q4*-1;;;;. The molecule has 8 nitrogen and oxygen atoms in total. The molecule has 0 saturated carbocycles. The van der Waals surface area contributed by atoms with Gasteiger partial charge in [0.05, 0.1) is 22.6 Å². The Morgan fingerprint density at radius 2 is 0.776 bits per heavy atom. The summed E-state index contributed by atoms with van der Waals surface area (Å²) in [6.45, 7) is 13.2. The van der Waals surface area contributed by atoms with Gasteiger partial charge in [-0.05, 0) is 159 Å². The summed E-state index contributed by atoms with van der Waals surface area (Å²) < 4.78 is 9.40. The van der Waals surface area contributed by atoms with Crippen molar-refractivity contribution in [3.63, 3.8) is 0 Å². The fourth-order valence-corrected chi connectivity index (χ4v) is 17.0. The fourth-order valence-electron chi connectivity index (χ4n) is 17.0. The van der Waals surface area contributed by atoms with Crippen LogP contribution < -0.4 is 0 Å². The van der Waals surface area contributed by atoms with E-state index in [1.165, 1.54) is 166 Å². The van der Waals surface area contributed by atoms with Crippen molar-refractivity contribution in [2.45, 2.75) is 92.9 Å². The Morgan fingerprint density at radius 1 is 0.327 bits per heavy atom. The molecule has 4 aliphatic rings. The maximum Gasteiger partial charge on any atom is 0.0611 e. The Bertz CT molecular complexity index is 6310. The third-order valence-electron chi connectivity index (χ3n) is 21.1. The first kappa shape index (κ1) is 65.6. The van der Waals surface area contributed by atoms with E-state index in [0.29, 0.717) is 0 Å². The smallest absolute Gasteiger partial charge is 0.0611 e. The molecule has 0 bridgehead atoms. The van der Waals surface area contributed by atoms with E-state index in [1.54, 1.807) is 0 Å². The topological polar surface area (TPSA) is 69.2 Å². The van der Waals surface area contributed by atoms with Crippen LogP contribution in [0.2, 0.25) is 0 Å². The molecule has 4 aliphatic heterocycles. The van der Waals surface area contributed by atoms with E-state index in [4.69, 9.17) is 9.97 Å². The van der Waals surface area contributed by atoms with Crippen molar-refractivity contribution in [1.29, 1.82) is 0 Å². The largest absolute Gasteiger partial charge is 0.337 e. The maximum absolute atomic E-state index is 4.81. The molecule has 0 aliphatic carbocycles. The zero-order chi connectivity index (χ0) is 62.8. The van der Waals surface area contributed by atoms with Gasteiger partial charge in [-0.25, -0.2) is 0 Å². The third-order valence-corrected chi connectivity index (χ3v) is 21.1. The number of pyridine rings is 4. The summed E-state index contributed by atoms with van der Waals surface area (Å²) in [5.41, 5.74) is 33.6. The van der Waals surface area contributed by atoms with Gasteiger partial charge in [0.25, 0.3) is 0 Å². The van der Waals surface area contributed by atoms with E-state index >= 15 is 0 Å². The monoisotopic (exact) mass is 1980 g/mol. The number of aryl methyl sites for hydroxylation is 14. The van der Waals surface area contributed by atoms with Crippen LogP contribution in [0.1, 0.15) is 78.4 Å². The second kappa shape index (κ2) is 25.4. The molecule has 0 unspecified atom stereocenters. The van der Waals surface area contributed by atoms with Crippen LogP contribution in [0, 0.1) is 65.8 Å². The predicted molar refractivity (Wildman–Crippen MR) is 385 cm³/mol. The Morgan fingerprint density at radius 3 is 1.37 bits per heavy atom. The molecule has 0 amide bonds. The average molecular weight is 1980 g/mol. The summed E-state index contributed by atoms with van der Waals surface area (Å²) in [4.78, 5) is 18.9. The normalized spacial score (nSPS) is 13.0. The van der Waals surface area contributed by atoms with Gasteiger partial charge in [-0.15, -0.1) is 101 Å². The molecule has 0 spiro atoms. The molecule has 12 heteroatoms. The number of hydrogen-bond donors (Lipinski definition) is 0. The number of imidazole rings is 4. The van der Waals surface area contributed by atoms with Crippen molar-refractivity contribution in [1.82, 2.24) is 37.5 Å². The first-order valence-corrected chi connectivity index (χ1v) is 33.2. The average Bonchev–Trinajstić information content (AvgIpc) is 1.42. The third kappa shape index (κ3) is 9.91. The van der Waals surface area contributed by atoms with Gasteiger partial charge >= 0.3 is 0 Å². The van der Waals surface area contributed by atoms with Crippen LogP contribution in [-0.2, 0) is 132 Å². The molecule has 488 valence electrons. The zero-order valence-corrected chi connectivity index (χ0v) is 64.5. The quantitative estimate of drug-likeness (QED) is 0.128. The molecule has 22 rings (SSSR count). The van der Waals surface area contributed by atoms with Gasteiger partial charge < -0.3 is 17.6 Å². The Hall–Kier alpha value is -8.36. The summed E-state index contributed by atoms with van der Waals surface area (Å²) in [5, 5.41) is 14.8. The minimum Gasteiger partial charge on any atom is -0.337 e. The first-order chi connectivity index (χ1) is 46.1. The molecule has 12 heterocycles. The van der Waals surface area contributed by atoms with Crippen LogP contribution in [0.5, 0.6) is 0 Å². The molecule has 10 aromatic carbocycles. The number of fused-ring (bicyclic) bond motifs is 12. The van der Waals surface area contributed by atoms with Crippen molar-refractivity contribution in [2.75, 3.05) is 0 Å². The van der Waals surface area contributed by atoms with E-state index in [1.807, 2.05) is 36.9 Å². The van der Waals surface area contributed by atoms with Gasteiger partial charge in [0, 0.05) is 150 Å². The summed E-state index contributed by atoms with van der Waals surface area (Å²) in [7, 11) is 0. The molecule has 0 fully saturated rings. The number of hydrogen-bond acceptors (Lipinski definition) is 4. The van der Waals surface area contributed by atoms with E-state index < -0.39 is 0 Å². The van der Waals surface area contributed by atoms with Crippen LogP contribution >= 0.6 is 0 Å². The van der Waals surface area contributed by atoms with Gasteiger partial charge in [0.2, 0.25) is 0 Å². The summed E-state index contributed by atoms with van der Waals surface area (Å²) in [6, 6.07) is 70.6. The first-order valence-electron chi connectivity index (χ1n) is 33.2. The summed E-state index contributed by atoms with van der Waals surface area (Å²) >= 11 is 0. The Kier molecular flexibility index (Phi) is 17.0. The Labute approximate surface area is 622 Å². The molecule has 98 heavy (non-hydrogen) atoms. The number of rotatable bonds is 2. The summed E-state index contributed by atoms with van der Waals surface area (Å²) in [6.07, 6.45) is 16.8. The predicted octanol–water partition coefficient (Wildman–Crippen LogP) is 19.3. The maximum atomic E-state index is 4.81. The molecule has 18 aromatic rings. The second-order valence-electron chi connectivity index (χ2n) is 26.6. The van der Waals surface area contributed by atoms with Crippen molar-refractivity contribution in [2.24, 2.45) is 0 Å². The number of aromatic nitrogens is 8. The number of nitrogens with zero attached hydrogens (tertiary/aromatic N) is 8. The van der Waals surface area contributed by atoms with Crippen molar-refractivity contribution in [3.8, 4) is 22.3 Å². The molecule has 4 radical (unpaired) electrons. The van der Waals surface area contributed by atoms with Crippen LogP contribution in [0.15, 0.2) is 183 Å². The van der Waals surface area contributed by atoms with Crippen LogP contribution in [0.3, 0.4) is 0 Å².